The summed E-state index contributed by atoms with van der Waals surface area (Å²) in [6.07, 6.45) is 2.54. The highest BCUT2D eigenvalue weighted by Gasteiger charge is 2.29. The fourth-order valence-corrected chi connectivity index (χ4v) is 3.03. The summed E-state index contributed by atoms with van der Waals surface area (Å²) in [7, 11) is 0. The van der Waals surface area contributed by atoms with Gasteiger partial charge in [0.1, 0.15) is 0 Å². The lowest BCUT2D eigenvalue weighted by Crippen LogP contribution is -2.39. The molecule has 1 saturated heterocycles. The Hall–Kier alpha value is -1.78. The van der Waals surface area contributed by atoms with E-state index in [2.05, 4.69) is 0 Å². The molecule has 0 spiro atoms. The minimum absolute atomic E-state index is 0.0792. The molecule has 0 bridgehead atoms. The summed E-state index contributed by atoms with van der Waals surface area (Å²) < 4.78 is 5.15. The Labute approximate surface area is 134 Å². The number of hydrogen-bond acceptors (Lipinski definition) is 3. The zero-order valence-corrected chi connectivity index (χ0v) is 12.9. The molecule has 1 N–H and O–H groups in total. The maximum atomic E-state index is 12.2. The molecule has 116 valence electrons. The van der Waals surface area contributed by atoms with E-state index >= 15 is 0 Å². The van der Waals surface area contributed by atoms with E-state index in [0.29, 0.717) is 23.9 Å². The molecule has 4 nitrogen and oxygen atoms in total. The van der Waals surface area contributed by atoms with Crippen molar-refractivity contribution in [1.82, 2.24) is 4.90 Å². The van der Waals surface area contributed by atoms with Gasteiger partial charge in [-0.3, -0.25) is 4.79 Å². The van der Waals surface area contributed by atoms with Crippen LogP contribution in [0.4, 0.5) is 0 Å². The van der Waals surface area contributed by atoms with E-state index in [1.165, 1.54) is 6.26 Å². The number of halogens is 1. The van der Waals surface area contributed by atoms with E-state index in [9.17, 15) is 9.90 Å². The lowest BCUT2D eigenvalue weighted by Gasteiger charge is -2.34. The van der Waals surface area contributed by atoms with Gasteiger partial charge < -0.3 is 14.4 Å². The number of aliphatic hydroxyl groups excluding tert-OH is 1. The summed E-state index contributed by atoms with van der Waals surface area (Å²) in [6.45, 7) is 1.27. The van der Waals surface area contributed by atoms with Gasteiger partial charge in [0, 0.05) is 18.1 Å². The van der Waals surface area contributed by atoms with Crippen LogP contribution in [0.3, 0.4) is 0 Å². The number of carbonyl (C=O) groups excluding carboxylic acids is 1. The number of aliphatic hydroxyl groups is 1. The van der Waals surface area contributed by atoms with E-state index in [-0.39, 0.29) is 11.8 Å². The Morgan fingerprint density at radius 3 is 2.50 bits per heavy atom. The molecule has 1 atom stereocenters. The van der Waals surface area contributed by atoms with Crippen LogP contribution < -0.4 is 0 Å². The molecule has 3 rings (SSSR count). The topological polar surface area (TPSA) is 53.7 Å². The number of furan rings is 1. The van der Waals surface area contributed by atoms with Gasteiger partial charge in [0.25, 0.3) is 5.91 Å². The van der Waals surface area contributed by atoms with Gasteiger partial charge >= 0.3 is 0 Å². The minimum Gasteiger partial charge on any atom is -0.459 e. The van der Waals surface area contributed by atoms with Crippen LogP contribution in [0.5, 0.6) is 0 Å². The number of piperidine rings is 1. The molecule has 0 aliphatic carbocycles. The highest BCUT2D eigenvalue weighted by molar-refractivity contribution is 6.30. The molecule has 0 saturated carbocycles. The van der Waals surface area contributed by atoms with Crippen molar-refractivity contribution in [2.24, 2.45) is 5.92 Å². The largest absolute Gasteiger partial charge is 0.459 e. The van der Waals surface area contributed by atoms with Crippen molar-refractivity contribution >= 4 is 17.5 Å². The van der Waals surface area contributed by atoms with Crippen molar-refractivity contribution in [2.45, 2.75) is 18.9 Å². The van der Waals surface area contributed by atoms with Crippen LogP contribution in [0, 0.1) is 5.92 Å². The fourth-order valence-electron chi connectivity index (χ4n) is 2.91. The summed E-state index contributed by atoms with van der Waals surface area (Å²) in [4.78, 5) is 14.0. The summed E-state index contributed by atoms with van der Waals surface area (Å²) in [6, 6.07) is 10.7. The molecule has 1 aromatic carbocycles. The summed E-state index contributed by atoms with van der Waals surface area (Å²) in [5, 5.41) is 11.1. The van der Waals surface area contributed by atoms with E-state index < -0.39 is 6.10 Å². The normalized spacial score (nSPS) is 17.5. The molecule has 2 aromatic rings. The summed E-state index contributed by atoms with van der Waals surface area (Å²) >= 11 is 5.87. The standard InChI is InChI=1S/C17H18ClNO3/c18-14-5-3-12(4-6-14)16(20)13-7-9-19(10-8-13)17(21)15-2-1-11-22-15/h1-6,11,13,16,20H,7-10H2. The average molecular weight is 320 g/mol. The van der Waals surface area contributed by atoms with Crippen molar-refractivity contribution in [1.29, 1.82) is 0 Å². The lowest BCUT2D eigenvalue weighted by atomic mass is 9.87. The van der Waals surface area contributed by atoms with Gasteiger partial charge in [-0.15, -0.1) is 0 Å². The number of amides is 1. The fraction of sp³-hybridized carbons (Fsp3) is 0.353. The number of rotatable bonds is 3. The Bertz CT molecular complexity index is 616. The van der Waals surface area contributed by atoms with Gasteiger partial charge in [-0.05, 0) is 48.6 Å². The Kier molecular flexibility index (Phi) is 4.50. The quantitative estimate of drug-likeness (QED) is 0.941. The molecule has 22 heavy (non-hydrogen) atoms. The predicted molar refractivity (Wildman–Crippen MR) is 83.7 cm³/mol. The summed E-state index contributed by atoms with van der Waals surface area (Å²) in [5.74, 6) is 0.447. The number of hydrogen-bond donors (Lipinski definition) is 1. The van der Waals surface area contributed by atoms with Crippen molar-refractivity contribution in [3.8, 4) is 0 Å². The van der Waals surface area contributed by atoms with Crippen molar-refractivity contribution in [2.75, 3.05) is 13.1 Å². The molecule has 0 radical (unpaired) electrons. The van der Waals surface area contributed by atoms with E-state index in [0.717, 1.165) is 18.4 Å². The Morgan fingerprint density at radius 1 is 1.23 bits per heavy atom. The lowest BCUT2D eigenvalue weighted by molar-refractivity contribution is 0.0442. The second kappa shape index (κ2) is 6.55. The molecule has 1 aromatic heterocycles. The Balaban J connectivity index is 1.59. The van der Waals surface area contributed by atoms with Crippen LogP contribution in [0.25, 0.3) is 0 Å². The van der Waals surface area contributed by atoms with E-state index in [1.54, 1.807) is 29.2 Å². The highest BCUT2D eigenvalue weighted by atomic mass is 35.5. The molecule has 2 heterocycles. The first-order chi connectivity index (χ1) is 10.6. The molecule has 1 unspecified atom stereocenters. The SMILES string of the molecule is O=C(c1ccco1)N1CCC(C(O)c2ccc(Cl)cc2)CC1. The zero-order valence-electron chi connectivity index (χ0n) is 12.1. The van der Waals surface area contributed by atoms with Gasteiger partial charge in [-0.1, -0.05) is 23.7 Å². The van der Waals surface area contributed by atoms with Crippen LogP contribution in [0.15, 0.2) is 47.1 Å². The summed E-state index contributed by atoms with van der Waals surface area (Å²) in [5.41, 5.74) is 0.875. The van der Waals surface area contributed by atoms with Crippen LogP contribution in [-0.4, -0.2) is 29.0 Å². The number of likely N-dealkylation sites (tertiary alicyclic amines) is 1. The maximum absolute atomic E-state index is 12.2. The number of nitrogens with zero attached hydrogens (tertiary/aromatic N) is 1. The predicted octanol–water partition coefficient (Wildman–Crippen LogP) is 3.52. The van der Waals surface area contributed by atoms with Crippen LogP contribution in [-0.2, 0) is 0 Å². The zero-order chi connectivity index (χ0) is 15.5. The second-order valence-electron chi connectivity index (χ2n) is 5.60. The van der Waals surface area contributed by atoms with Gasteiger partial charge in [0.2, 0.25) is 0 Å². The van der Waals surface area contributed by atoms with Gasteiger partial charge in [-0.25, -0.2) is 0 Å². The first-order valence-corrected chi connectivity index (χ1v) is 7.79. The molecule has 1 amide bonds. The maximum Gasteiger partial charge on any atom is 0.289 e. The van der Waals surface area contributed by atoms with Gasteiger partial charge in [0.15, 0.2) is 5.76 Å². The van der Waals surface area contributed by atoms with E-state index in [1.807, 2.05) is 12.1 Å². The molecule has 5 heteroatoms. The first-order valence-electron chi connectivity index (χ1n) is 7.41. The third kappa shape index (κ3) is 3.18. The van der Waals surface area contributed by atoms with Crippen molar-refractivity contribution in [3.63, 3.8) is 0 Å². The number of benzene rings is 1. The highest BCUT2D eigenvalue weighted by Crippen LogP contribution is 2.31. The monoisotopic (exact) mass is 319 g/mol. The average Bonchev–Trinajstić information content (AvgIpc) is 3.09. The van der Waals surface area contributed by atoms with Gasteiger partial charge in [-0.2, -0.15) is 0 Å². The van der Waals surface area contributed by atoms with Crippen molar-refractivity contribution < 1.29 is 14.3 Å². The second-order valence-corrected chi connectivity index (χ2v) is 6.04. The molecule has 1 fully saturated rings. The third-order valence-corrected chi connectivity index (χ3v) is 4.47. The Morgan fingerprint density at radius 2 is 1.91 bits per heavy atom. The molecular weight excluding hydrogens is 302 g/mol. The van der Waals surface area contributed by atoms with Crippen LogP contribution in [0.2, 0.25) is 5.02 Å². The van der Waals surface area contributed by atoms with Crippen LogP contribution >= 0.6 is 11.6 Å². The molecule has 1 aliphatic heterocycles. The smallest absolute Gasteiger partial charge is 0.289 e. The molecular formula is C17H18ClNO3. The first kappa shape index (κ1) is 15.1. The van der Waals surface area contributed by atoms with E-state index in [4.69, 9.17) is 16.0 Å². The molecule has 1 aliphatic rings. The number of carbonyl (C=O) groups is 1. The minimum atomic E-state index is -0.516. The third-order valence-electron chi connectivity index (χ3n) is 4.22. The van der Waals surface area contributed by atoms with Crippen molar-refractivity contribution in [3.05, 3.63) is 59.0 Å². The van der Waals surface area contributed by atoms with Gasteiger partial charge in [0.05, 0.1) is 12.4 Å². The van der Waals surface area contributed by atoms with Crippen LogP contribution in [0.1, 0.15) is 35.1 Å².